The fourth-order valence-corrected chi connectivity index (χ4v) is 6.17. The fourth-order valence-electron chi connectivity index (χ4n) is 5.39. The first kappa shape index (κ1) is 55.6. The van der Waals surface area contributed by atoms with E-state index in [1.54, 1.807) is 12.2 Å². The van der Waals surface area contributed by atoms with Crippen molar-refractivity contribution >= 4 is 31.5 Å². The Morgan fingerprint density at radius 3 is 1.69 bits per heavy atom. The standard InChI is InChI=1S/C46H76NO11P/c1-3-5-7-8-9-10-11-12-13-14-15-16-19-22-25-28-32-36-44(49)55-38-42(39-56-59(53,54)57-40-43(47)46(51)52)58-45(50)37-33-29-26-23-20-17-18-21-24-27-31-35-41(48)34-30-6-4-2/h9-10,12-13,17-18,23-24,26-27,31,35,42-43H,3-8,11,14-16,19-22,25,28-30,32-34,36-40,47H2,1-2H3,(H,51,52)(H,53,54)/b10-9-,13-12-,18-17-,26-23-,27-24-,35-31+/t42-,43+/m1/s1. The molecule has 12 nitrogen and oxygen atoms in total. The van der Waals surface area contributed by atoms with Gasteiger partial charge in [-0.15, -0.1) is 0 Å². The Morgan fingerprint density at radius 2 is 1.07 bits per heavy atom. The minimum atomic E-state index is -4.75. The molecule has 3 atom stereocenters. The van der Waals surface area contributed by atoms with Gasteiger partial charge in [-0.1, -0.05) is 138 Å². The van der Waals surface area contributed by atoms with E-state index in [4.69, 9.17) is 24.8 Å². The number of nitrogens with two attached hydrogens (primary N) is 1. The first-order valence-electron chi connectivity index (χ1n) is 21.9. The number of ether oxygens (including phenoxy) is 2. The Bertz CT molecular complexity index is 1340. The maximum absolute atomic E-state index is 12.6. The van der Waals surface area contributed by atoms with Gasteiger partial charge in [-0.25, -0.2) is 4.57 Å². The van der Waals surface area contributed by atoms with Crippen LogP contribution in [0.2, 0.25) is 0 Å². The molecule has 0 rings (SSSR count). The highest BCUT2D eigenvalue weighted by Crippen LogP contribution is 2.43. The van der Waals surface area contributed by atoms with Crippen LogP contribution in [0.15, 0.2) is 72.9 Å². The predicted molar refractivity (Wildman–Crippen MR) is 236 cm³/mol. The third-order valence-corrected chi connectivity index (χ3v) is 9.85. The maximum atomic E-state index is 12.6. The highest BCUT2D eigenvalue weighted by molar-refractivity contribution is 7.47. The summed E-state index contributed by atoms with van der Waals surface area (Å²) in [4.78, 5) is 57.7. The zero-order chi connectivity index (χ0) is 43.7. The largest absolute Gasteiger partial charge is 0.480 e. The Kier molecular flexibility index (Phi) is 37.7. The Balaban J connectivity index is 4.52. The van der Waals surface area contributed by atoms with Gasteiger partial charge >= 0.3 is 25.7 Å². The van der Waals surface area contributed by atoms with Crippen molar-refractivity contribution in [3.05, 3.63) is 72.9 Å². The van der Waals surface area contributed by atoms with Crippen LogP contribution in [0, 0.1) is 0 Å². The number of hydrogen-bond acceptors (Lipinski definition) is 10. The summed E-state index contributed by atoms with van der Waals surface area (Å²) in [6.07, 6.45) is 43.8. The van der Waals surface area contributed by atoms with E-state index in [2.05, 4.69) is 42.7 Å². The molecule has 0 spiro atoms. The number of esters is 2. The molecular formula is C46H76NO11P. The number of phosphoric ester groups is 1. The summed E-state index contributed by atoms with van der Waals surface area (Å²) in [5.41, 5.74) is 5.32. The van der Waals surface area contributed by atoms with Gasteiger partial charge in [0.1, 0.15) is 12.6 Å². The van der Waals surface area contributed by atoms with Crippen LogP contribution < -0.4 is 5.73 Å². The Morgan fingerprint density at radius 1 is 0.576 bits per heavy atom. The van der Waals surface area contributed by atoms with Gasteiger partial charge in [-0.3, -0.25) is 28.2 Å². The molecule has 13 heteroatoms. The van der Waals surface area contributed by atoms with Crippen molar-refractivity contribution in [3.8, 4) is 0 Å². The molecule has 0 aromatic carbocycles. The molecule has 59 heavy (non-hydrogen) atoms. The number of hydrogen-bond donors (Lipinski definition) is 3. The number of allylic oxidation sites excluding steroid dienone is 12. The number of carboxylic acids is 1. The van der Waals surface area contributed by atoms with E-state index in [9.17, 15) is 28.6 Å². The second-order valence-corrected chi connectivity index (χ2v) is 16.0. The van der Waals surface area contributed by atoms with Gasteiger partial charge in [0.2, 0.25) is 0 Å². The molecule has 0 aliphatic rings. The monoisotopic (exact) mass is 850 g/mol. The summed E-state index contributed by atoms with van der Waals surface area (Å²) in [7, 11) is -4.75. The topological polar surface area (TPSA) is 189 Å². The lowest BCUT2D eigenvalue weighted by molar-refractivity contribution is -0.161. The van der Waals surface area contributed by atoms with E-state index in [0.717, 1.165) is 70.6 Å². The summed E-state index contributed by atoms with van der Waals surface area (Å²) in [5, 5.41) is 8.89. The van der Waals surface area contributed by atoms with Gasteiger partial charge in [0.05, 0.1) is 13.2 Å². The van der Waals surface area contributed by atoms with Gasteiger partial charge in [0, 0.05) is 19.3 Å². The molecular weight excluding hydrogens is 773 g/mol. The molecule has 0 aromatic rings. The van der Waals surface area contributed by atoms with Gasteiger partial charge in [-0.05, 0) is 76.7 Å². The minimum Gasteiger partial charge on any atom is -0.480 e. The van der Waals surface area contributed by atoms with E-state index in [1.165, 1.54) is 38.5 Å². The molecule has 0 saturated carbocycles. The smallest absolute Gasteiger partial charge is 0.472 e. The van der Waals surface area contributed by atoms with E-state index < -0.39 is 57.7 Å². The van der Waals surface area contributed by atoms with E-state index >= 15 is 0 Å². The van der Waals surface area contributed by atoms with Crippen LogP contribution in [0.1, 0.15) is 162 Å². The van der Waals surface area contributed by atoms with E-state index in [-0.39, 0.29) is 18.6 Å². The van der Waals surface area contributed by atoms with Crippen LogP contribution in [0.5, 0.6) is 0 Å². The number of carbonyl (C=O) groups is 4. The lowest BCUT2D eigenvalue weighted by Crippen LogP contribution is -2.34. The number of carboxylic acid groups (broad SMARTS) is 1. The molecule has 4 N–H and O–H groups in total. The van der Waals surface area contributed by atoms with Crippen LogP contribution in [0.25, 0.3) is 0 Å². The normalized spacial score (nSPS) is 14.3. The fraction of sp³-hybridized carbons (Fsp3) is 0.652. The highest BCUT2D eigenvalue weighted by atomic mass is 31.2. The summed E-state index contributed by atoms with van der Waals surface area (Å²) in [6.45, 7) is 2.53. The number of ketones is 1. The maximum Gasteiger partial charge on any atom is 0.472 e. The quantitative estimate of drug-likeness (QED) is 0.0132. The molecule has 0 bridgehead atoms. The molecule has 0 saturated heterocycles. The summed E-state index contributed by atoms with van der Waals surface area (Å²) < 4.78 is 32.6. The van der Waals surface area contributed by atoms with Gasteiger partial charge < -0.3 is 25.2 Å². The second-order valence-electron chi connectivity index (χ2n) is 14.5. The third kappa shape index (κ3) is 39.8. The van der Waals surface area contributed by atoms with Crippen LogP contribution in [0.3, 0.4) is 0 Å². The zero-order valence-electron chi connectivity index (χ0n) is 36.1. The summed E-state index contributed by atoms with van der Waals surface area (Å²) in [5.74, 6) is -2.36. The SMILES string of the molecule is CCCCC/C=C\C/C=C\CCCCCCCCCC(=O)OC[C@H](COP(=O)(O)OC[C@H](N)C(=O)O)OC(=O)CCC/C=C\C/C=C\C/C=C\C=C\C(=O)CCCCC. The molecule has 0 aliphatic heterocycles. The highest BCUT2D eigenvalue weighted by Gasteiger charge is 2.28. The lowest BCUT2D eigenvalue weighted by Gasteiger charge is -2.20. The van der Waals surface area contributed by atoms with Crippen molar-refractivity contribution in [3.63, 3.8) is 0 Å². The molecule has 336 valence electrons. The molecule has 0 radical (unpaired) electrons. The second kappa shape index (κ2) is 40.0. The number of phosphoric acid groups is 1. The third-order valence-electron chi connectivity index (χ3n) is 8.90. The Hall–Kier alpha value is -3.41. The number of carbonyl (C=O) groups excluding carboxylic acids is 3. The van der Waals surface area contributed by atoms with Crippen LogP contribution in [0.4, 0.5) is 0 Å². The average molecular weight is 850 g/mol. The molecule has 0 aliphatic carbocycles. The first-order chi connectivity index (χ1) is 28.5. The van der Waals surface area contributed by atoms with Crippen LogP contribution in [-0.4, -0.2) is 65.7 Å². The van der Waals surface area contributed by atoms with Crippen molar-refractivity contribution in [1.82, 2.24) is 0 Å². The summed E-state index contributed by atoms with van der Waals surface area (Å²) >= 11 is 0. The van der Waals surface area contributed by atoms with Gasteiger partial charge in [0.15, 0.2) is 11.9 Å². The number of aliphatic carboxylic acids is 1. The predicted octanol–water partition coefficient (Wildman–Crippen LogP) is 10.9. The van der Waals surface area contributed by atoms with Crippen LogP contribution in [-0.2, 0) is 42.3 Å². The van der Waals surface area contributed by atoms with Gasteiger partial charge in [-0.2, -0.15) is 0 Å². The molecule has 0 heterocycles. The van der Waals surface area contributed by atoms with E-state index in [0.29, 0.717) is 25.7 Å². The zero-order valence-corrected chi connectivity index (χ0v) is 37.0. The first-order valence-corrected chi connectivity index (χ1v) is 23.4. The Labute approximate surface area is 355 Å². The van der Waals surface area contributed by atoms with E-state index in [1.807, 2.05) is 36.5 Å². The number of unbranched alkanes of at least 4 members (excludes halogenated alkanes) is 13. The minimum absolute atomic E-state index is 0.0539. The molecule has 0 fully saturated rings. The van der Waals surface area contributed by atoms with Gasteiger partial charge in [0.25, 0.3) is 0 Å². The van der Waals surface area contributed by atoms with Crippen molar-refractivity contribution in [1.29, 1.82) is 0 Å². The van der Waals surface area contributed by atoms with Crippen molar-refractivity contribution in [2.75, 3.05) is 19.8 Å². The van der Waals surface area contributed by atoms with Crippen LogP contribution >= 0.6 is 7.82 Å². The molecule has 0 aromatic heterocycles. The molecule has 0 amide bonds. The summed E-state index contributed by atoms with van der Waals surface area (Å²) in [6, 6.07) is -1.54. The van der Waals surface area contributed by atoms with Crippen molar-refractivity contribution in [2.24, 2.45) is 5.73 Å². The number of rotatable bonds is 40. The van der Waals surface area contributed by atoms with Crippen molar-refractivity contribution in [2.45, 2.75) is 174 Å². The average Bonchev–Trinajstić information content (AvgIpc) is 3.20. The molecule has 1 unspecified atom stereocenters. The van der Waals surface area contributed by atoms with Crippen molar-refractivity contribution < 1.29 is 52.3 Å². The lowest BCUT2D eigenvalue weighted by atomic mass is 10.1.